The van der Waals surface area contributed by atoms with Gasteiger partial charge in [-0.25, -0.2) is 9.37 Å². The van der Waals surface area contributed by atoms with E-state index in [0.717, 1.165) is 0 Å². The molecular formula is C25H18FN7O3. The van der Waals surface area contributed by atoms with E-state index in [4.69, 9.17) is 5.73 Å². The van der Waals surface area contributed by atoms with Crippen molar-refractivity contribution >= 4 is 40.3 Å². The van der Waals surface area contributed by atoms with Crippen LogP contribution >= 0.6 is 0 Å². The van der Waals surface area contributed by atoms with Crippen LogP contribution in [0, 0.1) is 5.82 Å². The molecule has 0 bridgehead atoms. The largest absolute Gasteiger partial charge is 0.365 e. The van der Waals surface area contributed by atoms with Gasteiger partial charge in [0.25, 0.3) is 16.8 Å². The van der Waals surface area contributed by atoms with Crippen LogP contribution in [0.5, 0.6) is 0 Å². The van der Waals surface area contributed by atoms with Crippen LogP contribution in [0.4, 0.5) is 38.8 Å². The summed E-state index contributed by atoms with van der Waals surface area (Å²) in [4.78, 5) is 40.5. The van der Waals surface area contributed by atoms with Crippen LogP contribution in [-0.2, 0) is 0 Å². The molecule has 5 rings (SSSR count). The van der Waals surface area contributed by atoms with Crippen molar-refractivity contribution in [3.63, 3.8) is 0 Å². The third kappa shape index (κ3) is 4.28. The number of aromatic amines is 1. The van der Waals surface area contributed by atoms with Crippen molar-refractivity contribution in [3.8, 4) is 11.3 Å². The van der Waals surface area contributed by atoms with E-state index in [2.05, 4.69) is 31.1 Å². The summed E-state index contributed by atoms with van der Waals surface area (Å²) in [6.07, 6.45) is 1.60. The molecule has 0 saturated heterocycles. The fraction of sp³-hybridized carbons (Fsp3) is 0. The molecule has 2 heterocycles. The van der Waals surface area contributed by atoms with E-state index in [9.17, 15) is 18.8 Å². The SMILES string of the molecule is NC(=O)c1c(Nc2ccccn2)n[nH]c1-c1ccc(Nc2c(Nc3ccc(F)cc3)c(=O)c2=O)cc1. The number of carbonyl (C=O) groups is 1. The van der Waals surface area contributed by atoms with Crippen molar-refractivity contribution < 1.29 is 9.18 Å². The van der Waals surface area contributed by atoms with Gasteiger partial charge in [-0.3, -0.25) is 19.5 Å². The van der Waals surface area contributed by atoms with E-state index in [1.54, 1.807) is 48.7 Å². The summed E-state index contributed by atoms with van der Waals surface area (Å²) in [6, 6.07) is 17.4. The number of anilines is 6. The van der Waals surface area contributed by atoms with Gasteiger partial charge in [0.1, 0.15) is 28.6 Å². The Morgan fingerprint density at radius 3 is 2.00 bits per heavy atom. The molecule has 10 nitrogen and oxygen atoms in total. The number of aromatic nitrogens is 3. The van der Waals surface area contributed by atoms with E-state index >= 15 is 0 Å². The second-order valence-electron chi connectivity index (χ2n) is 7.77. The summed E-state index contributed by atoms with van der Waals surface area (Å²) >= 11 is 0. The zero-order valence-corrected chi connectivity index (χ0v) is 18.5. The molecule has 5 aromatic rings. The standard InChI is InChI=1S/C25H18FN7O3/c26-14-6-10-16(11-7-14)30-21-20(22(34)23(21)35)29-15-8-4-13(5-9-15)19-18(24(27)36)25(33-32-19)31-17-3-1-2-12-28-17/h1-12,29-30H,(H2,27,36)(H2,28,31,32,33). The highest BCUT2D eigenvalue weighted by atomic mass is 19.1. The lowest BCUT2D eigenvalue weighted by Gasteiger charge is -2.15. The van der Waals surface area contributed by atoms with E-state index in [0.29, 0.717) is 28.5 Å². The second kappa shape index (κ2) is 9.14. The van der Waals surface area contributed by atoms with Gasteiger partial charge in [-0.1, -0.05) is 18.2 Å². The number of halogens is 1. The van der Waals surface area contributed by atoms with Gasteiger partial charge in [-0.15, -0.1) is 0 Å². The van der Waals surface area contributed by atoms with E-state index in [-0.39, 0.29) is 22.8 Å². The van der Waals surface area contributed by atoms with Gasteiger partial charge in [-0.2, -0.15) is 5.10 Å². The first-order valence-electron chi connectivity index (χ1n) is 10.7. The minimum atomic E-state index is -0.681. The van der Waals surface area contributed by atoms with Crippen LogP contribution in [0.3, 0.4) is 0 Å². The van der Waals surface area contributed by atoms with Crippen LogP contribution in [0.15, 0.2) is 82.5 Å². The fourth-order valence-corrected chi connectivity index (χ4v) is 3.61. The highest BCUT2D eigenvalue weighted by Gasteiger charge is 2.22. The number of nitrogens with one attached hydrogen (secondary N) is 4. The Kier molecular flexibility index (Phi) is 5.71. The zero-order valence-electron chi connectivity index (χ0n) is 18.5. The molecule has 11 heteroatoms. The molecule has 0 aliphatic rings. The third-order valence-electron chi connectivity index (χ3n) is 5.39. The fourth-order valence-electron chi connectivity index (χ4n) is 3.61. The van der Waals surface area contributed by atoms with Crippen molar-refractivity contribution in [1.29, 1.82) is 0 Å². The van der Waals surface area contributed by atoms with Gasteiger partial charge in [-0.05, 0) is 48.5 Å². The number of primary amides is 1. The summed E-state index contributed by atoms with van der Waals surface area (Å²) in [7, 11) is 0. The van der Waals surface area contributed by atoms with Crippen molar-refractivity contribution in [2.45, 2.75) is 0 Å². The predicted octanol–water partition coefficient (Wildman–Crippen LogP) is 3.54. The third-order valence-corrected chi connectivity index (χ3v) is 5.39. The van der Waals surface area contributed by atoms with Crippen molar-refractivity contribution in [1.82, 2.24) is 15.2 Å². The molecule has 0 radical (unpaired) electrons. The molecule has 1 amide bonds. The molecule has 0 aliphatic heterocycles. The second-order valence-corrected chi connectivity index (χ2v) is 7.77. The highest BCUT2D eigenvalue weighted by Crippen LogP contribution is 2.30. The number of H-pyrrole nitrogens is 1. The average molecular weight is 483 g/mol. The topological polar surface area (TPSA) is 155 Å². The molecule has 36 heavy (non-hydrogen) atoms. The molecule has 0 unspecified atom stereocenters. The predicted molar refractivity (Wildman–Crippen MR) is 134 cm³/mol. The van der Waals surface area contributed by atoms with Gasteiger partial charge in [0, 0.05) is 23.1 Å². The number of rotatable bonds is 8. The maximum atomic E-state index is 13.1. The first kappa shape index (κ1) is 22.5. The Bertz CT molecular complexity index is 1620. The lowest BCUT2D eigenvalue weighted by Crippen LogP contribution is -2.35. The molecule has 3 aromatic carbocycles. The Balaban J connectivity index is 1.37. The normalized spacial score (nSPS) is 10.8. The molecule has 0 fully saturated rings. The first-order valence-corrected chi connectivity index (χ1v) is 10.7. The van der Waals surface area contributed by atoms with Crippen LogP contribution in [0.1, 0.15) is 10.4 Å². The summed E-state index contributed by atoms with van der Waals surface area (Å²) in [5.41, 5.74) is 6.63. The van der Waals surface area contributed by atoms with Crippen LogP contribution in [0.25, 0.3) is 11.3 Å². The first-order chi connectivity index (χ1) is 17.4. The van der Waals surface area contributed by atoms with Gasteiger partial charge in [0.15, 0.2) is 5.82 Å². The minimum absolute atomic E-state index is 0.0884. The average Bonchev–Trinajstić information content (AvgIpc) is 3.31. The van der Waals surface area contributed by atoms with Crippen LogP contribution in [0.2, 0.25) is 0 Å². The number of hydrogen-bond acceptors (Lipinski definition) is 8. The molecule has 178 valence electrons. The van der Waals surface area contributed by atoms with Gasteiger partial charge in [0.05, 0.1) is 5.69 Å². The van der Waals surface area contributed by atoms with E-state index in [1.807, 2.05) is 0 Å². The van der Waals surface area contributed by atoms with Crippen LogP contribution < -0.4 is 32.5 Å². The Hall–Kier alpha value is -5.32. The molecular weight excluding hydrogens is 465 g/mol. The quantitative estimate of drug-likeness (QED) is 0.210. The van der Waals surface area contributed by atoms with Crippen molar-refractivity contribution in [2.24, 2.45) is 5.73 Å². The Morgan fingerprint density at radius 2 is 1.44 bits per heavy atom. The minimum Gasteiger partial charge on any atom is -0.365 e. The molecule has 0 spiro atoms. The monoisotopic (exact) mass is 483 g/mol. The van der Waals surface area contributed by atoms with Gasteiger partial charge < -0.3 is 21.7 Å². The van der Waals surface area contributed by atoms with Gasteiger partial charge in [0.2, 0.25) is 0 Å². The van der Waals surface area contributed by atoms with Crippen molar-refractivity contribution in [3.05, 3.63) is 105 Å². The smallest absolute Gasteiger partial charge is 0.254 e. The Morgan fingerprint density at radius 1 is 0.833 bits per heavy atom. The number of hydrogen-bond donors (Lipinski definition) is 5. The maximum absolute atomic E-state index is 13.1. The van der Waals surface area contributed by atoms with Gasteiger partial charge >= 0.3 is 0 Å². The molecule has 2 aromatic heterocycles. The molecule has 0 atom stereocenters. The van der Waals surface area contributed by atoms with E-state index in [1.165, 1.54) is 24.3 Å². The zero-order chi connectivity index (χ0) is 25.2. The number of benzene rings is 2. The number of carbonyl (C=O) groups excluding carboxylic acids is 1. The molecule has 0 saturated carbocycles. The maximum Gasteiger partial charge on any atom is 0.254 e. The molecule has 6 N–H and O–H groups in total. The summed E-state index contributed by atoms with van der Waals surface area (Å²) in [6.45, 7) is 0. The number of nitrogens with zero attached hydrogens (tertiary/aromatic N) is 2. The Labute approximate surface area is 202 Å². The van der Waals surface area contributed by atoms with Crippen molar-refractivity contribution in [2.75, 3.05) is 16.0 Å². The van der Waals surface area contributed by atoms with Crippen LogP contribution in [-0.4, -0.2) is 21.1 Å². The highest BCUT2D eigenvalue weighted by molar-refractivity contribution is 6.04. The number of nitrogens with two attached hydrogens (primary N) is 1. The summed E-state index contributed by atoms with van der Waals surface area (Å²) < 4.78 is 13.1. The lowest BCUT2D eigenvalue weighted by molar-refractivity contribution is 0.100. The summed E-state index contributed by atoms with van der Waals surface area (Å²) in [5, 5.41) is 15.7. The lowest BCUT2D eigenvalue weighted by atomic mass is 10.1. The van der Waals surface area contributed by atoms with E-state index < -0.39 is 22.6 Å². The number of pyridine rings is 1. The molecule has 0 aliphatic carbocycles. The summed E-state index contributed by atoms with van der Waals surface area (Å²) in [5.74, 6) is -0.366. The number of amides is 1.